The highest BCUT2D eigenvalue weighted by Gasteiger charge is 2.35. The van der Waals surface area contributed by atoms with E-state index in [4.69, 9.17) is 14.4 Å². The van der Waals surface area contributed by atoms with Crippen molar-refractivity contribution in [1.82, 2.24) is 16.1 Å². The largest absolute Gasteiger partial charge is 0.493 e. The number of carbonyl (C=O) groups is 3. The molecule has 0 unspecified atom stereocenters. The van der Waals surface area contributed by atoms with Gasteiger partial charge in [-0.1, -0.05) is 42.5 Å². The topological polar surface area (TPSA) is 150 Å². The zero-order valence-corrected chi connectivity index (χ0v) is 18.8. The second-order valence-corrected chi connectivity index (χ2v) is 7.69. The number of benzene rings is 2. The molecule has 180 valence electrons. The molecule has 0 radical (unpaired) electrons. The van der Waals surface area contributed by atoms with Gasteiger partial charge in [-0.2, -0.15) is 0 Å². The number of carbonyl (C=O) groups excluding carboxylic acids is 3. The second kappa shape index (κ2) is 11.3. The molecule has 3 atom stereocenters. The van der Waals surface area contributed by atoms with Crippen LogP contribution >= 0.6 is 0 Å². The Morgan fingerprint density at radius 2 is 1.74 bits per heavy atom. The molecule has 0 saturated carbocycles. The van der Waals surface area contributed by atoms with E-state index >= 15 is 0 Å². The molecule has 0 aliphatic carbocycles. The van der Waals surface area contributed by atoms with Crippen LogP contribution in [-0.2, 0) is 27.2 Å². The van der Waals surface area contributed by atoms with Gasteiger partial charge in [0.15, 0.2) is 11.3 Å². The first-order valence-corrected chi connectivity index (χ1v) is 10.6. The third kappa shape index (κ3) is 5.72. The molecule has 0 aliphatic heterocycles. The Morgan fingerprint density at radius 1 is 1.00 bits per heavy atom. The van der Waals surface area contributed by atoms with E-state index in [-0.39, 0.29) is 12.8 Å². The molecule has 1 heterocycles. The normalized spacial score (nSPS) is 13.5. The number of rotatable bonds is 10. The zero-order chi connectivity index (χ0) is 24.7. The SMILES string of the molecule is CNC(=O)[C@H](Cc1ccccc1)NC(=O)[C@H](Cc1cc2cccc(OC)c2o1)[C@H](O)C(=O)NO. The van der Waals surface area contributed by atoms with Gasteiger partial charge in [-0.25, -0.2) is 5.48 Å². The van der Waals surface area contributed by atoms with Gasteiger partial charge in [0.1, 0.15) is 17.9 Å². The van der Waals surface area contributed by atoms with Crippen LogP contribution in [0.25, 0.3) is 11.0 Å². The Balaban J connectivity index is 1.87. The minimum Gasteiger partial charge on any atom is -0.493 e. The number of amides is 3. The Morgan fingerprint density at radius 3 is 2.38 bits per heavy atom. The van der Waals surface area contributed by atoms with Crippen molar-refractivity contribution in [2.45, 2.75) is 25.0 Å². The van der Waals surface area contributed by atoms with Crippen molar-refractivity contribution in [3.05, 3.63) is 65.9 Å². The first kappa shape index (κ1) is 24.7. The van der Waals surface area contributed by atoms with E-state index in [1.165, 1.54) is 19.6 Å². The molecule has 0 saturated heterocycles. The summed E-state index contributed by atoms with van der Waals surface area (Å²) in [7, 11) is 2.94. The van der Waals surface area contributed by atoms with E-state index < -0.39 is 35.8 Å². The second-order valence-electron chi connectivity index (χ2n) is 7.69. The number of hydrogen-bond donors (Lipinski definition) is 5. The van der Waals surface area contributed by atoms with Crippen molar-refractivity contribution in [2.75, 3.05) is 14.2 Å². The van der Waals surface area contributed by atoms with Crippen molar-refractivity contribution >= 4 is 28.7 Å². The van der Waals surface area contributed by atoms with Crippen LogP contribution in [0.1, 0.15) is 11.3 Å². The molecular weight excluding hydrogens is 442 g/mol. The molecule has 0 fully saturated rings. The van der Waals surface area contributed by atoms with Gasteiger partial charge in [0.2, 0.25) is 11.8 Å². The fraction of sp³-hybridized carbons (Fsp3) is 0.292. The van der Waals surface area contributed by atoms with Gasteiger partial charge in [0.05, 0.1) is 13.0 Å². The standard InChI is InChI=1S/C24H27N3O7/c1-25-23(30)18(11-14-7-4-3-5-8-14)26-22(29)17(20(28)24(31)27-32)13-16-12-15-9-6-10-19(33-2)21(15)34-16/h3-10,12,17-18,20,28,32H,11,13H2,1-2H3,(H,25,30)(H,26,29)(H,27,31)/t17-,18+,20+/m1/s1. The summed E-state index contributed by atoms with van der Waals surface area (Å²) in [6.07, 6.45) is -1.88. The molecule has 5 N–H and O–H groups in total. The number of para-hydroxylation sites is 1. The van der Waals surface area contributed by atoms with Crippen molar-refractivity contribution < 1.29 is 33.9 Å². The van der Waals surface area contributed by atoms with E-state index in [1.807, 2.05) is 30.3 Å². The lowest BCUT2D eigenvalue weighted by Crippen LogP contribution is -2.52. The van der Waals surface area contributed by atoms with Gasteiger partial charge in [0.25, 0.3) is 5.91 Å². The minimum absolute atomic E-state index is 0.177. The fourth-order valence-corrected chi connectivity index (χ4v) is 3.68. The maximum Gasteiger partial charge on any atom is 0.272 e. The summed E-state index contributed by atoms with van der Waals surface area (Å²) in [5, 5.41) is 25.3. The van der Waals surface area contributed by atoms with Crippen LogP contribution in [0.4, 0.5) is 0 Å². The summed E-state index contributed by atoms with van der Waals surface area (Å²) in [5.41, 5.74) is 2.62. The third-order valence-corrected chi connectivity index (χ3v) is 5.46. The maximum absolute atomic E-state index is 13.2. The van der Waals surface area contributed by atoms with Gasteiger partial charge < -0.3 is 24.9 Å². The molecule has 2 aromatic carbocycles. The lowest BCUT2D eigenvalue weighted by Gasteiger charge is -2.24. The van der Waals surface area contributed by atoms with E-state index in [0.717, 1.165) is 5.56 Å². The number of furan rings is 1. The smallest absolute Gasteiger partial charge is 0.272 e. The summed E-state index contributed by atoms with van der Waals surface area (Å²) >= 11 is 0. The first-order chi connectivity index (χ1) is 16.4. The molecule has 3 amide bonds. The van der Waals surface area contributed by atoms with E-state index in [2.05, 4.69) is 10.6 Å². The Kier molecular flexibility index (Phi) is 8.23. The molecule has 0 spiro atoms. The number of nitrogens with one attached hydrogen (secondary N) is 3. The average Bonchev–Trinajstić information content (AvgIpc) is 3.28. The molecule has 1 aromatic heterocycles. The summed E-state index contributed by atoms with van der Waals surface area (Å²) in [4.78, 5) is 37.6. The van der Waals surface area contributed by atoms with Crippen LogP contribution in [-0.4, -0.2) is 54.3 Å². The third-order valence-electron chi connectivity index (χ3n) is 5.46. The summed E-state index contributed by atoms with van der Waals surface area (Å²) in [6.45, 7) is 0. The number of ether oxygens (including phenoxy) is 1. The van der Waals surface area contributed by atoms with E-state index in [9.17, 15) is 19.5 Å². The van der Waals surface area contributed by atoms with Crippen molar-refractivity contribution in [3.8, 4) is 5.75 Å². The van der Waals surface area contributed by atoms with Crippen LogP contribution in [0.2, 0.25) is 0 Å². The van der Waals surface area contributed by atoms with Crippen LogP contribution in [0, 0.1) is 5.92 Å². The quantitative estimate of drug-likeness (QED) is 0.219. The number of hydroxylamine groups is 1. The predicted molar refractivity (Wildman–Crippen MR) is 122 cm³/mol. The maximum atomic E-state index is 13.2. The molecule has 3 rings (SSSR count). The predicted octanol–water partition coefficient (Wildman–Crippen LogP) is 0.940. The van der Waals surface area contributed by atoms with Crippen LogP contribution < -0.4 is 20.9 Å². The highest BCUT2D eigenvalue weighted by atomic mass is 16.5. The van der Waals surface area contributed by atoms with Crippen LogP contribution in [0.5, 0.6) is 5.75 Å². The minimum atomic E-state index is -1.90. The van der Waals surface area contributed by atoms with Gasteiger partial charge in [0, 0.05) is 25.3 Å². The highest BCUT2D eigenvalue weighted by molar-refractivity contribution is 5.92. The molecule has 10 nitrogen and oxygen atoms in total. The lowest BCUT2D eigenvalue weighted by molar-refractivity contribution is -0.146. The molecule has 0 bridgehead atoms. The van der Waals surface area contributed by atoms with Gasteiger partial charge in [-0.3, -0.25) is 19.6 Å². The molecule has 10 heteroatoms. The molecule has 3 aromatic rings. The molecular formula is C24H27N3O7. The van der Waals surface area contributed by atoms with Crippen molar-refractivity contribution in [2.24, 2.45) is 5.92 Å². The Bertz CT molecular complexity index is 1150. The van der Waals surface area contributed by atoms with Crippen LogP contribution in [0.15, 0.2) is 59.0 Å². The molecule has 0 aliphatic rings. The average molecular weight is 469 g/mol. The van der Waals surface area contributed by atoms with Crippen molar-refractivity contribution in [3.63, 3.8) is 0 Å². The number of fused-ring (bicyclic) bond motifs is 1. The summed E-state index contributed by atoms with van der Waals surface area (Å²) in [5.74, 6) is -2.92. The van der Waals surface area contributed by atoms with Crippen LogP contribution in [0.3, 0.4) is 0 Å². The zero-order valence-electron chi connectivity index (χ0n) is 18.8. The summed E-state index contributed by atoms with van der Waals surface area (Å²) in [6, 6.07) is 15.1. The number of hydrogen-bond acceptors (Lipinski definition) is 7. The van der Waals surface area contributed by atoms with Crippen molar-refractivity contribution in [1.29, 1.82) is 0 Å². The lowest BCUT2D eigenvalue weighted by atomic mass is 9.94. The van der Waals surface area contributed by atoms with Gasteiger partial charge in [-0.15, -0.1) is 0 Å². The number of aliphatic hydroxyl groups is 1. The van der Waals surface area contributed by atoms with Gasteiger partial charge >= 0.3 is 0 Å². The highest BCUT2D eigenvalue weighted by Crippen LogP contribution is 2.30. The number of aliphatic hydroxyl groups excluding tert-OH is 1. The number of likely N-dealkylation sites (N-methyl/N-ethyl adjacent to an activating group) is 1. The Labute approximate surface area is 195 Å². The Hall–Kier alpha value is -3.89. The van der Waals surface area contributed by atoms with E-state index in [1.54, 1.807) is 24.3 Å². The fourth-order valence-electron chi connectivity index (χ4n) is 3.68. The first-order valence-electron chi connectivity index (χ1n) is 10.6. The number of methoxy groups -OCH3 is 1. The monoisotopic (exact) mass is 469 g/mol. The molecule has 34 heavy (non-hydrogen) atoms. The van der Waals surface area contributed by atoms with E-state index in [0.29, 0.717) is 22.5 Å². The van der Waals surface area contributed by atoms with Gasteiger partial charge in [-0.05, 0) is 17.7 Å². The summed E-state index contributed by atoms with van der Waals surface area (Å²) < 4.78 is 11.1.